The highest BCUT2D eigenvalue weighted by Crippen LogP contribution is 2.20. The number of hydrogen-bond acceptors (Lipinski definition) is 6. The zero-order valence-corrected chi connectivity index (χ0v) is 21.2. The Balaban J connectivity index is 1.78. The first kappa shape index (κ1) is 25.6. The van der Waals surface area contributed by atoms with Crippen molar-refractivity contribution in [1.29, 1.82) is 0 Å². The predicted molar refractivity (Wildman–Crippen MR) is 130 cm³/mol. The van der Waals surface area contributed by atoms with Gasteiger partial charge in [-0.1, -0.05) is 24.3 Å². The number of sulfone groups is 1. The number of carbonyl (C=O) groups is 2. The van der Waals surface area contributed by atoms with E-state index < -0.39 is 33.2 Å². The van der Waals surface area contributed by atoms with E-state index in [-0.39, 0.29) is 6.04 Å². The summed E-state index contributed by atoms with van der Waals surface area (Å²) in [5, 5.41) is 0. The SMILES string of the molecule is CCOCCn1c(=NC(=O)CS(=O)(=O)CC(=O)N2CCCCC2CC)sc2cc(C)ccc21. The molecule has 2 aromatic rings. The maximum atomic E-state index is 12.7. The first-order valence-corrected chi connectivity index (χ1v) is 14.1. The van der Waals surface area contributed by atoms with Gasteiger partial charge in [0.05, 0.1) is 16.8 Å². The summed E-state index contributed by atoms with van der Waals surface area (Å²) in [6.45, 7) is 8.01. The standard InChI is InChI=1S/C23H33N3O5S2/c1-4-18-8-6-7-11-25(18)22(28)16-33(29,30)15-21(27)24-23-26(12-13-31-5-2)19-10-9-17(3)14-20(19)32-23/h9-10,14,18H,4-8,11-13,15-16H2,1-3H3. The lowest BCUT2D eigenvalue weighted by Gasteiger charge is -2.35. The molecular formula is C23H33N3O5S2. The van der Waals surface area contributed by atoms with Gasteiger partial charge in [-0.3, -0.25) is 9.59 Å². The topological polar surface area (TPSA) is 98.0 Å². The van der Waals surface area contributed by atoms with Crippen LogP contribution in [-0.4, -0.2) is 67.0 Å². The van der Waals surface area contributed by atoms with Gasteiger partial charge < -0.3 is 14.2 Å². The summed E-state index contributed by atoms with van der Waals surface area (Å²) in [5.74, 6) is -2.61. The average Bonchev–Trinajstić information content (AvgIpc) is 3.08. The molecule has 1 atom stereocenters. The van der Waals surface area contributed by atoms with Crippen molar-refractivity contribution in [2.45, 2.75) is 59.0 Å². The molecule has 0 N–H and O–H groups in total. The third kappa shape index (κ3) is 6.74. The third-order valence-corrected chi connectivity index (χ3v) is 8.24. The molecule has 0 saturated carbocycles. The van der Waals surface area contributed by atoms with Crippen LogP contribution in [0.2, 0.25) is 0 Å². The maximum absolute atomic E-state index is 12.7. The number of piperidine rings is 1. The van der Waals surface area contributed by atoms with E-state index in [0.29, 0.717) is 31.1 Å². The van der Waals surface area contributed by atoms with E-state index in [9.17, 15) is 18.0 Å². The number of carbonyl (C=O) groups excluding carboxylic acids is 2. The zero-order chi connectivity index (χ0) is 24.0. The number of likely N-dealkylation sites (tertiary alicyclic amines) is 1. The summed E-state index contributed by atoms with van der Waals surface area (Å²) in [6.07, 6.45) is 3.62. The molecule has 1 fully saturated rings. The molecule has 182 valence electrons. The fourth-order valence-corrected chi connectivity index (χ4v) is 6.44. The number of nitrogens with zero attached hydrogens (tertiary/aromatic N) is 3. The molecule has 0 aliphatic carbocycles. The molecule has 0 bridgehead atoms. The normalized spacial score (nSPS) is 17.6. The Morgan fingerprint density at radius 3 is 2.73 bits per heavy atom. The molecule has 1 saturated heterocycles. The van der Waals surface area contributed by atoms with E-state index in [4.69, 9.17) is 4.74 Å². The van der Waals surface area contributed by atoms with Crippen LogP contribution >= 0.6 is 11.3 Å². The number of thiazole rings is 1. The first-order chi connectivity index (χ1) is 15.7. The van der Waals surface area contributed by atoms with E-state index in [2.05, 4.69) is 4.99 Å². The van der Waals surface area contributed by atoms with Crippen molar-refractivity contribution < 1.29 is 22.7 Å². The van der Waals surface area contributed by atoms with E-state index in [1.54, 1.807) is 4.90 Å². The van der Waals surface area contributed by atoms with Gasteiger partial charge in [0.25, 0.3) is 5.91 Å². The van der Waals surface area contributed by atoms with Crippen LogP contribution in [0.5, 0.6) is 0 Å². The van der Waals surface area contributed by atoms with Gasteiger partial charge in [-0.25, -0.2) is 8.42 Å². The molecule has 0 spiro atoms. The lowest BCUT2D eigenvalue weighted by atomic mass is 10.0. The summed E-state index contributed by atoms with van der Waals surface area (Å²) >= 11 is 1.34. The second-order valence-electron chi connectivity index (χ2n) is 8.39. The van der Waals surface area contributed by atoms with E-state index in [1.807, 2.05) is 43.5 Å². The summed E-state index contributed by atoms with van der Waals surface area (Å²) in [4.78, 5) is 31.5. The van der Waals surface area contributed by atoms with Gasteiger partial charge in [0.15, 0.2) is 14.6 Å². The summed E-state index contributed by atoms with van der Waals surface area (Å²) in [5.41, 5.74) is 2.01. The lowest BCUT2D eigenvalue weighted by Crippen LogP contribution is -2.46. The maximum Gasteiger partial charge on any atom is 0.263 e. The lowest BCUT2D eigenvalue weighted by molar-refractivity contribution is -0.132. The molecule has 1 aliphatic rings. The molecule has 1 aromatic heterocycles. The van der Waals surface area contributed by atoms with Gasteiger partial charge >= 0.3 is 0 Å². The van der Waals surface area contributed by atoms with Crippen LogP contribution in [0.15, 0.2) is 23.2 Å². The van der Waals surface area contributed by atoms with Gasteiger partial charge in [0.1, 0.15) is 11.5 Å². The van der Waals surface area contributed by atoms with Crippen LogP contribution in [0, 0.1) is 6.92 Å². The van der Waals surface area contributed by atoms with Crippen molar-refractivity contribution in [3.8, 4) is 0 Å². The highest BCUT2D eigenvalue weighted by molar-refractivity contribution is 7.92. The van der Waals surface area contributed by atoms with Crippen LogP contribution in [0.3, 0.4) is 0 Å². The van der Waals surface area contributed by atoms with Crippen LogP contribution in [0.1, 0.15) is 45.1 Å². The number of hydrogen-bond donors (Lipinski definition) is 0. The molecule has 1 aromatic carbocycles. The second-order valence-corrected chi connectivity index (χ2v) is 11.5. The number of ether oxygens (including phenoxy) is 1. The van der Waals surface area contributed by atoms with Gasteiger partial charge in [-0.05, 0) is 57.2 Å². The minimum atomic E-state index is -3.92. The third-order valence-electron chi connectivity index (χ3n) is 5.83. The minimum Gasteiger partial charge on any atom is -0.380 e. The Labute approximate surface area is 199 Å². The Bertz CT molecular complexity index is 1170. The molecule has 10 heteroatoms. The minimum absolute atomic E-state index is 0.0770. The van der Waals surface area contributed by atoms with E-state index >= 15 is 0 Å². The molecule has 3 rings (SSSR count). The van der Waals surface area contributed by atoms with Gasteiger partial charge in [0.2, 0.25) is 5.91 Å². The van der Waals surface area contributed by atoms with Crippen molar-refractivity contribution in [3.63, 3.8) is 0 Å². The van der Waals surface area contributed by atoms with E-state index in [0.717, 1.165) is 41.5 Å². The van der Waals surface area contributed by atoms with Crippen LogP contribution in [-0.2, 0) is 30.7 Å². The Morgan fingerprint density at radius 2 is 2.00 bits per heavy atom. The number of benzene rings is 1. The van der Waals surface area contributed by atoms with Gasteiger partial charge in [-0.2, -0.15) is 4.99 Å². The van der Waals surface area contributed by atoms with E-state index in [1.165, 1.54) is 11.3 Å². The molecule has 2 amide bonds. The van der Waals surface area contributed by atoms with Crippen molar-refractivity contribution in [1.82, 2.24) is 9.47 Å². The fraction of sp³-hybridized carbons (Fsp3) is 0.609. The number of amides is 2. The predicted octanol–water partition coefficient (Wildman–Crippen LogP) is 2.68. The number of fused-ring (bicyclic) bond motifs is 1. The Kier molecular flexibility index (Phi) is 8.83. The largest absolute Gasteiger partial charge is 0.380 e. The van der Waals surface area contributed by atoms with Crippen molar-refractivity contribution in [2.75, 3.05) is 31.3 Å². The van der Waals surface area contributed by atoms with Crippen LogP contribution < -0.4 is 4.80 Å². The van der Waals surface area contributed by atoms with Crippen LogP contribution in [0.4, 0.5) is 0 Å². The quantitative estimate of drug-likeness (QED) is 0.498. The molecule has 8 nitrogen and oxygen atoms in total. The second kappa shape index (κ2) is 11.4. The highest BCUT2D eigenvalue weighted by Gasteiger charge is 2.29. The molecular weight excluding hydrogens is 462 g/mol. The summed E-state index contributed by atoms with van der Waals surface area (Å²) in [6, 6.07) is 6.04. The molecule has 1 aliphatic heterocycles. The van der Waals surface area contributed by atoms with Gasteiger partial charge in [0, 0.05) is 25.7 Å². The number of aromatic nitrogens is 1. The highest BCUT2D eigenvalue weighted by atomic mass is 32.2. The fourth-order valence-electron chi connectivity index (χ4n) is 4.18. The summed E-state index contributed by atoms with van der Waals surface area (Å²) < 4.78 is 33.6. The van der Waals surface area contributed by atoms with Crippen molar-refractivity contribution in [2.24, 2.45) is 4.99 Å². The smallest absolute Gasteiger partial charge is 0.263 e. The zero-order valence-electron chi connectivity index (χ0n) is 19.6. The van der Waals surface area contributed by atoms with Crippen molar-refractivity contribution in [3.05, 3.63) is 28.6 Å². The Morgan fingerprint density at radius 1 is 1.21 bits per heavy atom. The monoisotopic (exact) mass is 495 g/mol. The molecule has 33 heavy (non-hydrogen) atoms. The first-order valence-electron chi connectivity index (χ1n) is 11.5. The molecule has 2 heterocycles. The average molecular weight is 496 g/mol. The van der Waals surface area contributed by atoms with Gasteiger partial charge in [-0.15, -0.1) is 0 Å². The summed E-state index contributed by atoms with van der Waals surface area (Å²) in [7, 11) is -3.92. The molecule has 1 unspecified atom stereocenters. The van der Waals surface area contributed by atoms with Crippen molar-refractivity contribution >= 4 is 43.2 Å². The van der Waals surface area contributed by atoms with Crippen LogP contribution in [0.25, 0.3) is 10.2 Å². The molecule has 0 radical (unpaired) electrons. The number of rotatable bonds is 9. The number of aryl methyl sites for hydroxylation is 1. The Hall–Kier alpha value is -2.04.